The number of hydrogen-bond acceptors (Lipinski definition) is 3. The zero-order valence-corrected chi connectivity index (χ0v) is 10.0. The van der Waals surface area contributed by atoms with Gasteiger partial charge in [-0.25, -0.2) is 0 Å². The Morgan fingerprint density at radius 2 is 1.94 bits per heavy atom. The van der Waals surface area contributed by atoms with Crippen LogP contribution in [-0.4, -0.2) is 25.8 Å². The van der Waals surface area contributed by atoms with Gasteiger partial charge in [0.1, 0.15) is 0 Å². The van der Waals surface area contributed by atoms with Gasteiger partial charge in [-0.05, 0) is 25.0 Å². The molecule has 1 aromatic carbocycles. The van der Waals surface area contributed by atoms with Crippen LogP contribution < -0.4 is 4.90 Å². The van der Waals surface area contributed by atoms with Gasteiger partial charge in [0, 0.05) is 31.5 Å². The number of ether oxygens (including phenoxy) is 1. The van der Waals surface area contributed by atoms with Crippen LogP contribution in [0.1, 0.15) is 19.3 Å². The summed E-state index contributed by atoms with van der Waals surface area (Å²) >= 11 is 0. The van der Waals surface area contributed by atoms with Crippen LogP contribution in [0.4, 0.5) is 5.69 Å². The number of para-hydroxylation sites is 1. The third kappa shape index (κ3) is 3.21. The molecule has 0 spiro atoms. The molecule has 1 saturated heterocycles. The summed E-state index contributed by atoms with van der Waals surface area (Å²) in [6, 6.07) is 13.1. The Balaban J connectivity index is 2.10. The van der Waals surface area contributed by atoms with E-state index in [9.17, 15) is 0 Å². The molecule has 1 fully saturated rings. The number of benzene rings is 1. The van der Waals surface area contributed by atoms with E-state index in [-0.39, 0.29) is 0 Å². The largest absolute Gasteiger partial charge is 0.381 e. The van der Waals surface area contributed by atoms with Crippen LogP contribution >= 0.6 is 0 Å². The summed E-state index contributed by atoms with van der Waals surface area (Å²) in [6.07, 6.45) is 2.69. The minimum Gasteiger partial charge on any atom is -0.381 e. The van der Waals surface area contributed by atoms with Gasteiger partial charge in [0.15, 0.2) is 0 Å². The molecule has 3 nitrogen and oxygen atoms in total. The molecule has 1 aromatic rings. The van der Waals surface area contributed by atoms with Crippen LogP contribution in [0, 0.1) is 11.3 Å². The first-order chi connectivity index (χ1) is 8.42. The van der Waals surface area contributed by atoms with Crippen molar-refractivity contribution >= 4 is 5.69 Å². The average Bonchev–Trinajstić information content (AvgIpc) is 2.42. The topological polar surface area (TPSA) is 36.3 Å². The van der Waals surface area contributed by atoms with Crippen LogP contribution in [0.25, 0.3) is 0 Å². The summed E-state index contributed by atoms with van der Waals surface area (Å²) in [7, 11) is 0. The Labute approximate surface area is 103 Å². The summed E-state index contributed by atoms with van der Waals surface area (Å²) < 4.78 is 5.40. The fraction of sp³-hybridized carbons (Fsp3) is 0.500. The molecule has 90 valence electrons. The van der Waals surface area contributed by atoms with Crippen molar-refractivity contribution in [2.24, 2.45) is 0 Å². The number of nitriles is 1. The molecule has 0 aliphatic carbocycles. The second-order valence-corrected chi connectivity index (χ2v) is 4.28. The molecule has 1 aliphatic rings. The first kappa shape index (κ1) is 11.9. The van der Waals surface area contributed by atoms with E-state index >= 15 is 0 Å². The van der Waals surface area contributed by atoms with Crippen LogP contribution in [0.15, 0.2) is 30.3 Å². The molecule has 0 unspecified atom stereocenters. The van der Waals surface area contributed by atoms with E-state index in [1.807, 2.05) is 18.2 Å². The molecule has 0 bridgehead atoms. The zero-order chi connectivity index (χ0) is 11.9. The normalized spacial score (nSPS) is 16.4. The summed E-state index contributed by atoms with van der Waals surface area (Å²) in [5, 5.41) is 8.76. The molecule has 1 aliphatic heterocycles. The van der Waals surface area contributed by atoms with Crippen molar-refractivity contribution in [2.75, 3.05) is 24.7 Å². The Kier molecular flexibility index (Phi) is 4.40. The van der Waals surface area contributed by atoms with E-state index in [1.165, 1.54) is 5.69 Å². The molecule has 0 N–H and O–H groups in total. The van der Waals surface area contributed by atoms with Gasteiger partial charge in [-0.3, -0.25) is 0 Å². The Hall–Kier alpha value is -1.53. The monoisotopic (exact) mass is 230 g/mol. The van der Waals surface area contributed by atoms with E-state index in [2.05, 4.69) is 23.1 Å². The molecule has 0 atom stereocenters. The maximum Gasteiger partial charge on any atom is 0.0640 e. The van der Waals surface area contributed by atoms with Crippen molar-refractivity contribution in [3.8, 4) is 6.07 Å². The molecule has 0 saturated carbocycles. The van der Waals surface area contributed by atoms with E-state index in [4.69, 9.17) is 10.00 Å². The first-order valence-electron chi connectivity index (χ1n) is 6.18. The highest BCUT2D eigenvalue weighted by Crippen LogP contribution is 2.22. The lowest BCUT2D eigenvalue weighted by Gasteiger charge is -2.35. The number of anilines is 1. The van der Waals surface area contributed by atoms with Gasteiger partial charge in [0.2, 0.25) is 0 Å². The molecular formula is C14H18N2O. The maximum atomic E-state index is 8.76. The molecule has 3 heteroatoms. The lowest BCUT2D eigenvalue weighted by atomic mass is 10.1. The van der Waals surface area contributed by atoms with Gasteiger partial charge in [-0.15, -0.1) is 0 Å². The van der Waals surface area contributed by atoms with Crippen molar-refractivity contribution < 1.29 is 4.74 Å². The standard InChI is InChI=1S/C14H18N2O/c15-9-4-10-16(13-5-2-1-3-6-13)14-7-11-17-12-8-14/h1-3,5-6,14H,4,7-8,10-12H2. The van der Waals surface area contributed by atoms with E-state index in [0.29, 0.717) is 12.5 Å². The molecule has 0 aromatic heterocycles. The van der Waals surface area contributed by atoms with Crippen molar-refractivity contribution in [1.82, 2.24) is 0 Å². The van der Waals surface area contributed by atoms with Crippen molar-refractivity contribution in [1.29, 1.82) is 5.26 Å². The maximum absolute atomic E-state index is 8.76. The lowest BCUT2D eigenvalue weighted by Crippen LogP contribution is -2.40. The minimum atomic E-state index is 0.513. The Morgan fingerprint density at radius 3 is 2.59 bits per heavy atom. The van der Waals surface area contributed by atoms with E-state index in [1.54, 1.807) is 0 Å². The summed E-state index contributed by atoms with van der Waals surface area (Å²) in [4.78, 5) is 2.35. The third-order valence-electron chi connectivity index (χ3n) is 3.18. The quantitative estimate of drug-likeness (QED) is 0.797. The van der Waals surface area contributed by atoms with Gasteiger partial charge >= 0.3 is 0 Å². The van der Waals surface area contributed by atoms with Gasteiger partial charge in [0.25, 0.3) is 0 Å². The highest BCUT2D eigenvalue weighted by molar-refractivity contribution is 5.47. The van der Waals surface area contributed by atoms with Crippen LogP contribution in [0.5, 0.6) is 0 Å². The van der Waals surface area contributed by atoms with Crippen LogP contribution in [0.3, 0.4) is 0 Å². The minimum absolute atomic E-state index is 0.513. The number of rotatable bonds is 4. The first-order valence-corrected chi connectivity index (χ1v) is 6.18. The predicted molar refractivity (Wildman–Crippen MR) is 67.9 cm³/mol. The van der Waals surface area contributed by atoms with Gasteiger partial charge in [0.05, 0.1) is 12.5 Å². The average molecular weight is 230 g/mol. The SMILES string of the molecule is N#CCCN(c1ccccc1)C1CCOCC1. The predicted octanol–water partition coefficient (Wildman–Crippen LogP) is 2.59. The number of nitrogens with zero attached hydrogens (tertiary/aromatic N) is 2. The van der Waals surface area contributed by atoms with E-state index < -0.39 is 0 Å². The van der Waals surface area contributed by atoms with E-state index in [0.717, 1.165) is 32.6 Å². The molecule has 0 amide bonds. The van der Waals surface area contributed by atoms with Gasteiger partial charge in [-0.1, -0.05) is 18.2 Å². The lowest BCUT2D eigenvalue weighted by molar-refractivity contribution is 0.0845. The molecule has 1 heterocycles. The second kappa shape index (κ2) is 6.27. The van der Waals surface area contributed by atoms with Crippen LogP contribution in [-0.2, 0) is 4.74 Å². The smallest absolute Gasteiger partial charge is 0.0640 e. The van der Waals surface area contributed by atoms with Crippen molar-refractivity contribution in [3.05, 3.63) is 30.3 Å². The fourth-order valence-corrected chi connectivity index (χ4v) is 2.31. The molecule has 2 rings (SSSR count). The van der Waals surface area contributed by atoms with Gasteiger partial charge in [-0.2, -0.15) is 5.26 Å². The molecular weight excluding hydrogens is 212 g/mol. The Morgan fingerprint density at radius 1 is 1.24 bits per heavy atom. The second-order valence-electron chi connectivity index (χ2n) is 4.28. The van der Waals surface area contributed by atoms with Crippen molar-refractivity contribution in [3.63, 3.8) is 0 Å². The highest BCUT2D eigenvalue weighted by Gasteiger charge is 2.21. The fourth-order valence-electron chi connectivity index (χ4n) is 2.31. The van der Waals surface area contributed by atoms with Crippen molar-refractivity contribution in [2.45, 2.75) is 25.3 Å². The summed E-state index contributed by atoms with van der Waals surface area (Å²) in [5.74, 6) is 0. The highest BCUT2D eigenvalue weighted by atomic mass is 16.5. The van der Waals surface area contributed by atoms with Crippen LogP contribution in [0.2, 0.25) is 0 Å². The third-order valence-corrected chi connectivity index (χ3v) is 3.18. The summed E-state index contributed by atoms with van der Waals surface area (Å²) in [6.45, 7) is 2.48. The zero-order valence-electron chi connectivity index (χ0n) is 10.0. The molecule has 0 radical (unpaired) electrons. The number of hydrogen-bond donors (Lipinski definition) is 0. The molecule has 17 heavy (non-hydrogen) atoms. The summed E-state index contributed by atoms with van der Waals surface area (Å²) in [5.41, 5.74) is 1.22. The van der Waals surface area contributed by atoms with Gasteiger partial charge < -0.3 is 9.64 Å². The Bertz CT molecular complexity index is 366.